The summed E-state index contributed by atoms with van der Waals surface area (Å²) in [6.45, 7) is 0. The highest BCUT2D eigenvalue weighted by Gasteiger charge is 2.06. The van der Waals surface area contributed by atoms with Crippen LogP contribution >= 0.6 is 136 Å². The minimum Gasteiger partial charge on any atom is -0.506 e. The maximum absolute atomic E-state index is 9.30. The number of halogens is 6. The zero-order valence-corrected chi connectivity index (χ0v) is 28.9. The van der Waals surface area contributed by atoms with E-state index in [2.05, 4.69) is 0 Å². The van der Waals surface area contributed by atoms with Gasteiger partial charge in [-0.05, 0) is 172 Å². The quantitative estimate of drug-likeness (QED) is 0.201. The van der Waals surface area contributed by atoms with Crippen molar-refractivity contribution in [2.24, 2.45) is 0 Å². The lowest BCUT2D eigenvalue weighted by Gasteiger charge is -1.99. The molecular weight excluding hydrogens is 1100 g/mol. The molecule has 6 nitrogen and oxygen atoms in total. The van der Waals surface area contributed by atoms with E-state index in [1.54, 1.807) is 36.4 Å². The van der Waals surface area contributed by atoms with Crippen molar-refractivity contribution in [3.8, 4) is 35.5 Å². The van der Waals surface area contributed by atoms with Crippen molar-refractivity contribution in [2.75, 3.05) is 0 Å². The van der Waals surface area contributed by atoms with Crippen molar-refractivity contribution in [3.63, 3.8) is 0 Å². The lowest BCUT2D eigenvalue weighted by atomic mass is 10.2. The topological polar surface area (TPSA) is 132 Å². The first-order valence-corrected chi connectivity index (χ1v) is 14.7. The minimum atomic E-state index is 0.255. The number of nitriles is 3. The van der Waals surface area contributed by atoms with Crippen LogP contribution in [0.15, 0.2) is 36.4 Å². The molecular formula is C21H9I6N3O3. The van der Waals surface area contributed by atoms with E-state index in [1.807, 2.05) is 154 Å². The lowest BCUT2D eigenvalue weighted by molar-refractivity contribution is 0.467. The molecule has 0 aliphatic heterocycles. The van der Waals surface area contributed by atoms with Crippen LogP contribution in [-0.4, -0.2) is 15.3 Å². The van der Waals surface area contributed by atoms with Gasteiger partial charge in [0.15, 0.2) is 0 Å². The Labute approximate surface area is 272 Å². The number of benzene rings is 3. The highest BCUT2D eigenvalue weighted by molar-refractivity contribution is 14.1. The third-order valence-electron chi connectivity index (χ3n) is 3.44. The fraction of sp³-hybridized carbons (Fsp3) is 0. The Morgan fingerprint density at radius 3 is 0.697 bits per heavy atom. The van der Waals surface area contributed by atoms with Gasteiger partial charge in [0.05, 0.1) is 56.3 Å². The molecule has 3 rings (SSSR count). The van der Waals surface area contributed by atoms with Crippen LogP contribution in [0.25, 0.3) is 0 Å². The summed E-state index contributed by atoms with van der Waals surface area (Å²) < 4.78 is 4.28. The summed E-state index contributed by atoms with van der Waals surface area (Å²) in [7, 11) is 0. The predicted octanol–water partition coefficient (Wildman–Crippen LogP) is 7.42. The molecule has 0 saturated heterocycles. The van der Waals surface area contributed by atoms with Crippen LogP contribution in [0.3, 0.4) is 0 Å². The number of rotatable bonds is 0. The summed E-state index contributed by atoms with van der Waals surface area (Å²) in [5.41, 5.74) is 1.74. The molecule has 33 heavy (non-hydrogen) atoms. The Morgan fingerprint density at radius 2 is 0.576 bits per heavy atom. The fourth-order valence-electron chi connectivity index (χ4n) is 1.89. The molecule has 12 heteroatoms. The molecule has 3 aromatic carbocycles. The van der Waals surface area contributed by atoms with Gasteiger partial charge in [0, 0.05) is 0 Å². The van der Waals surface area contributed by atoms with E-state index < -0.39 is 0 Å². The van der Waals surface area contributed by atoms with Crippen LogP contribution < -0.4 is 0 Å². The summed E-state index contributed by atoms with van der Waals surface area (Å²) in [4.78, 5) is 0. The minimum absolute atomic E-state index is 0.255. The summed E-state index contributed by atoms with van der Waals surface area (Å²) in [5, 5.41) is 53.5. The second kappa shape index (κ2) is 15.1. The van der Waals surface area contributed by atoms with E-state index in [9.17, 15) is 15.3 Å². The number of hydrogen-bond donors (Lipinski definition) is 3. The van der Waals surface area contributed by atoms with E-state index >= 15 is 0 Å². The molecule has 3 aromatic rings. The molecule has 0 spiro atoms. The second-order valence-electron chi connectivity index (χ2n) is 5.70. The predicted molar refractivity (Wildman–Crippen MR) is 175 cm³/mol. The first kappa shape index (κ1) is 30.9. The number of phenolic OH excluding ortho intramolecular Hbond substituents is 3. The zero-order chi connectivity index (χ0) is 25.3. The standard InChI is InChI=1S/3C7H3I2NO/c3*8-5-1-4(3-10)2-6(9)7(5)11/h3*1-2,11H. The van der Waals surface area contributed by atoms with Gasteiger partial charge in [-0.3, -0.25) is 0 Å². The molecule has 3 N–H and O–H groups in total. The first-order chi connectivity index (χ1) is 15.4. The third kappa shape index (κ3) is 9.82. The number of hydrogen-bond acceptors (Lipinski definition) is 6. The lowest BCUT2D eigenvalue weighted by Crippen LogP contribution is -1.82. The Morgan fingerprint density at radius 1 is 0.424 bits per heavy atom. The normalized spacial score (nSPS) is 9.18. The van der Waals surface area contributed by atoms with E-state index in [-0.39, 0.29) is 17.2 Å². The van der Waals surface area contributed by atoms with Crippen LogP contribution in [0.1, 0.15) is 16.7 Å². The fourth-order valence-corrected chi connectivity index (χ4v) is 7.19. The average molecular weight is 1110 g/mol. The second-order valence-corrected chi connectivity index (χ2v) is 12.7. The third-order valence-corrected chi connectivity index (χ3v) is 8.37. The van der Waals surface area contributed by atoms with Crippen LogP contribution in [-0.2, 0) is 0 Å². The largest absolute Gasteiger partial charge is 0.506 e. The van der Waals surface area contributed by atoms with Gasteiger partial charge in [-0.1, -0.05) is 0 Å². The number of phenols is 3. The number of nitrogens with zero attached hydrogens (tertiary/aromatic N) is 3. The van der Waals surface area contributed by atoms with E-state index in [1.165, 1.54) is 0 Å². The molecule has 168 valence electrons. The van der Waals surface area contributed by atoms with Crippen molar-refractivity contribution < 1.29 is 15.3 Å². The van der Waals surface area contributed by atoms with E-state index in [0.29, 0.717) is 38.1 Å². The summed E-state index contributed by atoms with van der Waals surface area (Å²) in [5.74, 6) is 0.764. The van der Waals surface area contributed by atoms with Gasteiger partial charge in [0.25, 0.3) is 0 Å². The van der Waals surface area contributed by atoms with Gasteiger partial charge in [0.2, 0.25) is 0 Å². The molecule has 0 aliphatic rings. The smallest absolute Gasteiger partial charge is 0.142 e. The molecule has 0 atom stereocenters. The van der Waals surface area contributed by atoms with Crippen molar-refractivity contribution >= 4 is 136 Å². The molecule has 0 bridgehead atoms. The first-order valence-electron chi connectivity index (χ1n) is 8.19. The zero-order valence-electron chi connectivity index (χ0n) is 15.9. The van der Waals surface area contributed by atoms with Crippen LogP contribution in [0, 0.1) is 55.4 Å². The molecule has 0 aromatic heterocycles. The maximum Gasteiger partial charge on any atom is 0.142 e. The highest BCUT2D eigenvalue weighted by atomic mass is 127. The summed E-state index contributed by atoms with van der Waals surface area (Å²) in [6.07, 6.45) is 0. The summed E-state index contributed by atoms with van der Waals surface area (Å²) >= 11 is 12.0. The van der Waals surface area contributed by atoms with Gasteiger partial charge >= 0.3 is 0 Å². The van der Waals surface area contributed by atoms with Gasteiger partial charge in [0.1, 0.15) is 17.2 Å². The highest BCUT2D eigenvalue weighted by Crippen LogP contribution is 2.28. The van der Waals surface area contributed by atoms with Crippen molar-refractivity contribution in [2.45, 2.75) is 0 Å². The Balaban J connectivity index is 0.000000247. The monoisotopic (exact) mass is 1110 g/mol. The van der Waals surface area contributed by atoms with E-state index in [0.717, 1.165) is 0 Å². The van der Waals surface area contributed by atoms with Gasteiger partial charge in [-0.25, -0.2) is 0 Å². The number of aromatic hydroxyl groups is 3. The van der Waals surface area contributed by atoms with Crippen LogP contribution in [0.2, 0.25) is 0 Å². The molecule has 0 aliphatic carbocycles. The maximum atomic E-state index is 9.30. The summed E-state index contributed by atoms with van der Waals surface area (Å²) in [6, 6.07) is 16.0. The average Bonchev–Trinajstić information content (AvgIpc) is 2.79. The molecule has 0 saturated carbocycles. The van der Waals surface area contributed by atoms with Crippen molar-refractivity contribution in [1.82, 2.24) is 0 Å². The molecule has 0 heterocycles. The molecule has 0 radical (unpaired) electrons. The Hall–Kier alpha value is -0.0900. The van der Waals surface area contributed by atoms with Gasteiger partial charge < -0.3 is 15.3 Å². The van der Waals surface area contributed by atoms with E-state index in [4.69, 9.17) is 15.8 Å². The molecule has 0 amide bonds. The van der Waals surface area contributed by atoms with Gasteiger partial charge in [-0.2, -0.15) is 15.8 Å². The Bertz CT molecular complexity index is 1080. The van der Waals surface area contributed by atoms with Crippen molar-refractivity contribution in [3.05, 3.63) is 74.5 Å². The van der Waals surface area contributed by atoms with Crippen molar-refractivity contribution in [1.29, 1.82) is 15.8 Å². The SMILES string of the molecule is N#Cc1cc(I)c(O)c(I)c1.N#Cc1cc(I)c(O)c(I)c1.N#Cc1cc(I)c(O)c(I)c1. The van der Waals surface area contributed by atoms with Crippen LogP contribution in [0.4, 0.5) is 0 Å². The molecule has 0 unspecified atom stereocenters. The Kier molecular flexibility index (Phi) is 14.2. The van der Waals surface area contributed by atoms with Gasteiger partial charge in [-0.15, -0.1) is 0 Å². The molecule has 0 fully saturated rings. The van der Waals surface area contributed by atoms with Crippen LogP contribution in [0.5, 0.6) is 17.2 Å².